The van der Waals surface area contributed by atoms with Crippen molar-refractivity contribution in [1.82, 2.24) is 14.6 Å². The zero-order valence-corrected chi connectivity index (χ0v) is 25.2. The van der Waals surface area contributed by atoms with Crippen LogP contribution in [0.25, 0.3) is 0 Å². The van der Waals surface area contributed by atoms with E-state index in [0.717, 1.165) is 6.07 Å². The number of nitrogens with zero attached hydrogens (tertiary/aromatic N) is 3. The first-order valence-corrected chi connectivity index (χ1v) is 16.1. The summed E-state index contributed by atoms with van der Waals surface area (Å²) in [5.41, 5.74) is 0.614. The fraction of sp³-hybridized carbons (Fsp3) is 0.481. The Bertz CT molecular complexity index is 1540. The first-order chi connectivity index (χ1) is 20.1. The van der Waals surface area contributed by atoms with Crippen LogP contribution in [0, 0.1) is 23.5 Å². The van der Waals surface area contributed by atoms with Gasteiger partial charge in [0.1, 0.15) is 6.04 Å². The Labute approximate surface area is 250 Å². The van der Waals surface area contributed by atoms with E-state index in [4.69, 9.17) is 21.1 Å². The summed E-state index contributed by atoms with van der Waals surface area (Å²) in [6, 6.07) is 1.07. The summed E-state index contributed by atoms with van der Waals surface area (Å²) in [5, 5.41) is 4.32. The Hall–Kier alpha value is -2.94. The highest BCUT2D eigenvalue weighted by atomic mass is 35.5. The third-order valence-corrected chi connectivity index (χ3v) is 11.6. The molecule has 1 aliphatic carbocycles. The fourth-order valence-corrected chi connectivity index (χ4v) is 8.71. The molecule has 0 amide bonds. The predicted molar refractivity (Wildman–Crippen MR) is 151 cm³/mol. The monoisotopic (exact) mass is 642 g/mol. The van der Waals surface area contributed by atoms with E-state index >= 15 is 0 Å². The minimum absolute atomic E-state index is 0.0782. The molecule has 2 aliphatic heterocycles. The lowest BCUT2D eigenvalue weighted by molar-refractivity contribution is -0.144. The number of rotatable bonds is 7. The summed E-state index contributed by atoms with van der Waals surface area (Å²) >= 11 is 7.52. The van der Waals surface area contributed by atoms with Gasteiger partial charge in [0.05, 0.1) is 36.0 Å². The van der Waals surface area contributed by atoms with Crippen molar-refractivity contribution in [2.45, 2.75) is 43.4 Å². The second-order valence-corrected chi connectivity index (χ2v) is 13.8. The van der Waals surface area contributed by atoms with Crippen LogP contribution in [-0.2, 0) is 29.1 Å². The number of amidine groups is 1. The normalized spacial score (nSPS) is 25.1. The number of halogens is 3. The van der Waals surface area contributed by atoms with Gasteiger partial charge in [-0.15, -0.1) is 11.3 Å². The first-order valence-electron chi connectivity index (χ1n) is 13.3. The molecule has 15 heteroatoms. The van der Waals surface area contributed by atoms with Crippen LogP contribution in [-0.4, -0.2) is 68.0 Å². The van der Waals surface area contributed by atoms with Crippen molar-refractivity contribution in [3.8, 4) is 0 Å². The third kappa shape index (κ3) is 5.69. The van der Waals surface area contributed by atoms with Gasteiger partial charge < -0.3 is 14.8 Å². The number of hydrogen-bond donors (Lipinski definition) is 1. The van der Waals surface area contributed by atoms with Crippen LogP contribution in [0.2, 0.25) is 5.02 Å². The summed E-state index contributed by atoms with van der Waals surface area (Å²) < 4.78 is 66.6. The third-order valence-electron chi connectivity index (χ3n) is 8.02. The van der Waals surface area contributed by atoms with E-state index in [1.165, 1.54) is 35.9 Å². The highest BCUT2D eigenvalue weighted by Crippen LogP contribution is 2.43. The van der Waals surface area contributed by atoms with Crippen molar-refractivity contribution in [3.63, 3.8) is 0 Å². The Morgan fingerprint density at radius 2 is 1.86 bits per heavy atom. The molecule has 1 aromatic heterocycles. The molecule has 0 spiro atoms. The molecule has 226 valence electrons. The Morgan fingerprint density at radius 1 is 1.12 bits per heavy atom. The Kier molecular flexibility index (Phi) is 8.97. The van der Waals surface area contributed by atoms with Crippen molar-refractivity contribution in [3.05, 3.63) is 62.2 Å². The van der Waals surface area contributed by atoms with E-state index in [2.05, 4.69) is 15.3 Å². The average molecular weight is 643 g/mol. The minimum atomic E-state index is -3.67. The highest BCUT2D eigenvalue weighted by molar-refractivity contribution is 7.89. The number of hydrogen-bond acceptors (Lipinski definition) is 10. The van der Waals surface area contributed by atoms with Crippen LogP contribution in [0.3, 0.4) is 0 Å². The van der Waals surface area contributed by atoms with Crippen molar-refractivity contribution < 1.29 is 36.3 Å². The summed E-state index contributed by atoms with van der Waals surface area (Å²) in [7, 11) is -1.18. The van der Waals surface area contributed by atoms with Gasteiger partial charge in [-0.2, -0.15) is 0 Å². The standard InChI is InChI=1S/C27H29ClF2N4O6S2/c1-39-26(35)15-9-11-34(13-15)42(37,38)16-5-3-14(4-6-16)22-19(27(36)40-2)23(17-7-8-18(29)21(30)20(17)28)33-24(32-22)25-31-10-12-41-25/h7-8,10,12,14-16,23H,3-6,9,11,13H2,1-2H3,(H,32,33). The molecule has 2 aromatic rings. The van der Waals surface area contributed by atoms with Gasteiger partial charge in [0.15, 0.2) is 22.5 Å². The zero-order chi connectivity index (χ0) is 30.2. The highest BCUT2D eigenvalue weighted by Gasteiger charge is 2.43. The number of carbonyl (C=O) groups is 2. The van der Waals surface area contributed by atoms with Crippen LogP contribution in [0.15, 0.2) is 40.0 Å². The van der Waals surface area contributed by atoms with E-state index in [1.807, 2.05) is 0 Å². The molecule has 1 N–H and O–H groups in total. The van der Waals surface area contributed by atoms with Crippen LogP contribution in [0.5, 0.6) is 0 Å². The molecule has 0 radical (unpaired) electrons. The molecule has 10 nitrogen and oxygen atoms in total. The Balaban J connectivity index is 1.46. The predicted octanol–water partition coefficient (Wildman–Crippen LogP) is 3.98. The number of methoxy groups -OCH3 is 2. The van der Waals surface area contributed by atoms with Gasteiger partial charge in [0.2, 0.25) is 10.0 Å². The lowest BCUT2D eigenvalue weighted by atomic mass is 9.82. The van der Waals surface area contributed by atoms with Gasteiger partial charge >= 0.3 is 11.9 Å². The number of aromatic nitrogens is 1. The zero-order valence-electron chi connectivity index (χ0n) is 22.8. The molecule has 5 rings (SSSR count). The number of esters is 2. The minimum Gasteiger partial charge on any atom is -0.469 e. The summed E-state index contributed by atoms with van der Waals surface area (Å²) in [6.07, 6.45) is 3.43. The second-order valence-electron chi connectivity index (χ2n) is 10.3. The molecule has 1 saturated heterocycles. The van der Waals surface area contributed by atoms with Crippen molar-refractivity contribution in [1.29, 1.82) is 0 Å². The van der Waals surface area contributed by atoms with E-state index in [1.54, 1.807) is 11.6 Å². The number of ether oxygens (including phenoxy) is 2. The maximum atomic E-state index is 14.6. The second kappa shape index (κ2) is 12.3. The lowest BCUT2D eigenvalue weighted by Crippen LogP contribution is -2.42. The smallest absolute Gasteiger partial charge is 0.338 e. The van der Waals surface area contributed by atoms with Gasteiger partial charge in [-0.25, -0.2) is 31.3 Å². The van der Waals surface area contributed by atoms with Crippen molar-refractivity contribution in [2.24, 2.45) is 16.8 Å². The van der Waals surface area contributed by atoms with E-state index < -0.39 is 55.8 Å². The van der Waals surface area contributed by atoms with Gasteiger partial charge in [-0.05, 0) is 44.1 Å². The van der Waals surface area contributed by atoms with Crippen molar-refractivity contribution >= 4 is 50.7 Å². The largest absolute Gasteiger partial charge is 0.469 e. The van der Waals surface area contributed by atoms with Crippen molar-refractivity contribution in [2.75, 3.05) is 27.3 Å². The van der Waals surface area contributed by atoms with Crippen LogP contribution >= 0.6 is 22.9 Å². The van der Waals surface area contributed by atoms with E-state index in [9.17, 15) is 26.8 Å². The Morgan fingerprint density at radius 3 is 2.50 bits per heavy atom. The van der Waals surface area contributed by atoms with Gasteiger partial charge in [0, 0.05) is 35.9 Å². The summed E-state index contributed by atoms with van der Waals surface area (Å²) in [5.74, 6) is -4.01. The molecule has 1 saturated carbocycles. The molecule has 2 atom stereocenters. The van der Waals surface area contributed by atoms with E-state index in [0.29, 0.717) is 48.6 Å². The number of nitrogens with one attached hydrogen (secondary N) is 1. The van der Waals surface area contributed by atoms with Crippen LogP contribution in [0.4, 0.5) is 8.78 Å². The lowest BCUT2D eigenvalue weighted by Gasteiger charge is -2.35. The van der Waals surface area contributed by atoms with Gasteiger partial charge in [0.25, 0.3) is 0 Å². The molecular formula is C27H29ClF2N4O6S2. The molecule has 3 heterocycles. The average Bonchev–Trinajstić information content (AvgIpc) is 3.72. The SMILES string of the molecule is COC(=O)C1=C(C2CCC(S(=O)(=O)N3CCC(C(=O)OC)C3)CC2)NC(c2nccs2)=NC1c1ccc(F)c(F)c1Cl. The summed E-state index contributed by atoms with van der Waals surface area (Å²) in [4.78, 5) is 34.1. The number of allylic oxidation sites excluding steroid dienone is 1. The number of aliphatic imine (C=N–C) groups is 1. The number of thiazole rings is 1. The fourth-order valence-electron chi connectivity index (χ4n) is 5.83. The molecule has 42 heavy (non-hydrogen) atoms. The molecule has 0 bridgehead atoms. The van der Waals surface area contributed by atoms with Crippen LogP contribution in [0.1, 0.15) is 48.7 Å². The van der Waals surface area contributed by atoms with Crippen LogP contribution < -0.4 is 5.32 Å². The molecule has 1 aromatic carbocycles. The molecule has 3 aliphatic rings. The maximum absolute atomic E-state index is 14.6. The number of carbonyl (C=O) groups excluding carboxylic acids is 2. The molecule has 2 unspecified atom stereocenters. The first kappa shape index (κ1) is 30.5. The van der Waals surface area contributed by atoms with Gasteiger partial charge in [-0.3, -0.25) is 9.79 Å². The van der Waals surface area contributed by atoms with E-state index in [-0.39, 0.29) is 30.1 Å². The number of sulfonamides is 1. The number of benzene rings is 1. The quantitative estimate of drug-likeness (QED) is 0.355. The van der Waals surface area contributed by atoms with Gasteiger partial charge in [-0.1, -0.05) is 17.7 Å². The molecular weight excluding hydrogens is 614 g/mol. The summed E-state index contributed by atoms with van der Waals surface area (Å²) in [6.45, 7) is 0.351. The molecule has 2 fully saturated rings. The topological polar surface area (TPSA) is 127 Å². The maximum Gasteiger partial charge on any atom is 0.338 e.